The number of ketones is 2. The first-order chi connectivity index (χ1) is 23.1. The van der Waals surface area contributed by atoms with Gasteiger partial charge in [0.15, 0.2) is 6.10 Å². The van der Waals surface area contributed by atoms with Gasteiger partial charge in [-0.2, -0.15) is 0 Å². The van der Waals surface area contributed by atoms with Crippen molar-refractivity contribution in [3.05, 3.63) is 71.1 Å². The van der Waals surface area contributed by atoms with Crippen molar-refractivity contribution >= 4 is 41.9 Å². The Morgan fingerprint density at radius 2 is 1.80 bits per heavy atom. The number of methoxy groups -OCH3 is 2. The molecule has 4 N–H and O–H groups in total. The first kappa shape index (κ1) is 44.0. The minimum Gasteiger partial charge on any atom is -0.459 e. The summed E-state index contributed by atoms with van der Waals surface area (Å²) in [6.45, 7) is 11.5. The summed E-state index contributed by atoms with van der Waals surface area (Å²) in [4.78, 5) is 67.1. The summed E-state index contributed by atoms with van der Waals surface area (Å²) >= 11 is 0. The van der Waals surface area contributed by atoms with Crippen LogP contribution in [0, 0.1) is 11.8 Å². The number of allylic oxidation sites excluding steroid dienone is 4. The molecule has 2 amide bonds. The average Bonchev–Trinajstić information content (AvgIpc) is 3.03. The van der Waals surface area contributed by atoms with E-state index in [2.05, 4.69) is 17.2 Å². The van der Waals surface area contributed by atoms with Gasteiger partial charge in [0, 0.05) is 50.4 Å². The number of halogens is 1. The molecule has 1 aliphatic carbocycles. The van der Waals surface area contributed by atoms with Crippen molar-refractivity contribution < 1.29 is 42.9 Å². The van der Waals surface area contributed by atoms with Crippen LogP contribution in [-0.4, -0.2) is 100 Å². The minimum atomic E-state index is -1.02. The third kappa shape index (κ3) is 13.0. The van der Waals surface area contributed by atoms with Gasteiger partial charge in [-0.1, -0.05) is 44.2 Å². The number of hydrogen-bond acceptors (Lipinski definition) is 11. The van der Waals surface area contributed by atoms with Crippen LogP contribution in [0.1, 0.15) is 47.0 Å². The number of nitrogens with zero attached hydrogens (tertiary/aromatic N) is 1. The average molecular weight is 721 g/mol. The van der Waals surface area contributed by atoms with Crippen LogP contribution in [0.2, 0.25) is 0 Å². The highest BCUT2D eigenvalue weighted by molar-refractivity contribution is 6.23. The second-order valence-electron chi connectivity index (χ2n) is 12.6. The summed E-state index contributed by atoms with van der Waals surface area (Å²) in [5.74, 6) is -2.68. The summed E-state index contributed by atoms with van der Waals surface area (Å²) in [6, 6.07) is 0. The molecule has 0 fully saturated rings. The van der Waals surface area contributed by atoms with Gasteiger partial charge in [-0.3, -0.25) is 19.2 Å². The number of nitrogens with one attached hydrogen (secondary N) is 2. The minimum absolute atomic E-state index is 0. The molecule has 1 aliphatic heterocycles. The fourth-order valence-electron chi connectivity index (χ4n) is 5.65. The van der Waals surface area contributed by atoms with Gasteiger partial charge in [-0.15, -0.1) is 19.0 Å². The smallest absolute Gasteiger partial charge is 0.405 e. The molecule has 2 bridgehead atoms. The Hall–Kier alpha value is -4.04. The van der Waals surface area contributed by atoms with Gasteiger partial charge in [-0.05, 0) is 52.3 Å². The van der Waals surface area contributed by atoms with Crippen LogP contribution in [0.15, 0.2) is 71.1 Å². The highest BCUT2D eigenvalue weighted by Gasteiger charge is 2.35. The molecule has 50 heavy (non-hydrogen) atoms. The number of fused-ring (bicyclic) bond motifs is 2. The lowest BCUT2D eigenvalue weighted by atomic mass is 9.85. The van der Waals surface area contributed by atoms with Gasteiger partial charge in [0.05, 0.1) is 23.9 Å². The molecule has 2 aliphatic rings. The van der Waals surface area contributed by atoms with Gasteiger partial charge in [0.1, 0.15) is 12.2 Å². The van der Waals surface area contributed by atoms with E-state index in [1.54, 1.807) is 32.1 Å². The molecule has 1 heterocycles. The topological polar surface area (TPSA) is 176 Å². The third-order valence-electron chi connectivity index (χ3n) is 8.21. The summed E-state index contributed by atoms with van der Waals surface area (Å²) in [6.07, 6.45) is 5.52. The number of hydrogen-bond donors (Lipinski definition) is 3. The predicted octanol–water partition coefficient (Wildman–Crippen LogP) is 3.46. The van der Waals surface area contributed by atoms with Crippen LogP contribution in [0.25, 0.3) is 0 Å². The standard InChI is InChI=1S/C36H52N4O9.ClH/c1-10-15-38-31-25-17-21(2)18-29(47-9)34(48-30(42)14-16-40(6)7)24(5)19-23(4)33(49-36(37)45)28(46-8)13-11-12-22(3)35(44)39-26(32(25)43)20-27(31)41;/h10-13,19-21,24,28-29,33-34,38H,1,14-18H2,2-9H3,(H2,37,45)(H,39,44);1H/b13-11-,22-12+,23-19+;/t21-,24-,28+,29-,33-,34-;/m1./s1. The quantitative estimate of drug-likeness (QED) is 0.171. The number of primary amides is 1. The molecular formula is C36H53ClN4O9. The maximum Gasteiger partial charge on any atom is 0.405 e. The molecule has 0 unspecified atom stereocenters. The molecule has 0 spiro atoms. The maximum absolute atomic E-state index is 13.8. The second kappa shape index (κ2) is 21.2. The molecule has 13 nitrogen and oxygen atoms in total. The number of ether oxygens (including phenoxy) is 4. The van der Waals surface area contributed by atoms with E-state index in [1.165, 1.54) is 20.3 Å². The normalized spacial score (nSPS) is 28.2. The molecule has 0 saturated heterocycles. The third-order valence-corrected chi connectivity index (χ3v) is 8.21. The van der Waals surface area contributed by atoms with Crippen molar-refractivity contribution in [1.29, 1.82) is 0 Å². The van der Waals surface area contributed by atoms with E-state index in [-0.39, 0.29) is 60.3 Å². The lowest BCUT2D eigenvalue weighted by molar-refractivity contribution is -0.160. The number of rotatable bonds is 10. The Morgan fingerprint density at radius 1 is 1.12 bits per heavy atom. The van der Waals surface area contributed by atoms with Gasteiger partial charge < -0.3 is 40.2 Å². The zero-order valence-electron chi connectivity index (χ0n) is 30.3. The Kier molecular flexibility index (Phi) is 18.7. The van der Waals surface area contributed by atoms with Crippen molar-refractivity contribution in [3.63, 3.8) is 0 Å². The van der Waals surface area contributed by atoms with Crippen LogP contribution >= 0.6 is 12.4 Å². The monoisotopic (exact) mass is 720 g/mol. The molecule has 278 valence electrons. The number of esters is 1. The zero-order chi connectivity index (χ0) is 36.8. The van der Waals surface area contributed by atoms with E-state index >= 15 is 0 Å². The van der Waals surface area contributed by atoms with Gasteiger partial charge >= 0.3 is 12.1 Å². The Bertz CT molecular complexity index is 1420. The summed E-state index contributed by atoms with van der Waals surface area (Å²) in [5.41, 5.74) is 6.44. The summed E-state index contributed by atoms with van der Waals surface area (Å²) in [7, 11) is 6.65. The highest BCUT2D eigenvalue weighted by atomic mass is 35.5. The summed E-state index contributed by atoms with van der Waals surface area (Å²) < 4.78 is 23.1. The molecule has 0 aromatic rings. The summed E-state index contributed by atoms with van der Waals surface area (Å²) in [5, 5.41) is 5.57. The van der Waals surface area contributed by atoms with E-state index in [0.29, 0.717) is 18.5 Å². The van der Waals surface area contributed by atoms with Gasteiger partial charge in [-0.25, -0.2) is 4.79 Å². The van der Waals surface area contributed by atoms with E-state index in [0.717, 1.165) is 6.08 Å². The Labute approximate surface area is 301 Å². The Morgan fingerprint density at radius 3 is 2.38 bits per heavy atom. The van der Waals surface area contributed by atoms with E-state index in [1.807, 2.05) is 38.9 Å². The van der Waals surface area contributed by atoms with Crippen LogP contribution < -0.4 is 16.4 Å². The van der Waals surface area contributed by atoms with Crippen molar-refractivity contribution in [3.8, 4) is 0 Å². The van der Waals surface area contributed by atoms with Crippen molar-refractivity contribution in [2.45, 2.75) is 71.4 Å². The molecular weight excluding hydrogens is 668 g/mol. The lowest BCUT2D eigenvalue weighted by Gasteiger charge is -2.33. The van der Waals surface area contributed by atoms with Crippen molar-refractivity contribution in [2.75, 3.05) is 41.4 Å². The van der Waals surface area contributed by atoms with Crippen molar-refractivity contribution in [1.82, 2.24) is 15.5 Å². The fraction of sp³-hybridized carbons (Fsp3) is 0.528. The number of nitrogens with two attached hydrogens (primary N) is 1. The molecule has 0 aromatic heterocycles. The molecule has 0 saturated carbocycles. The molecule has 6 atom stereocenters. The number of Topliss-reactive ketones (excluding diaryl/α,β-unsaturated/α-hetero) is 1. The number of amides is 2. The van der Waals surface area contributed by atoms with Crippen LogP contribution in [0.5, 0.6) is 0 Å². The van der Waals surface area contributed by atoms with Crippen LogP contribution in [0.3, 0.4) is 0 Å². The van der Waals surface area contributed by atoms with E-state index < -0.39 is 59.9 Å². The highest BCUT2D eigenvalue weighted by Crippen LogP contribution is 2.30. The van der Waals surface area contributed by atoms with Crippen molar-refractivity contribution in [2.24, 2.45) is 17.6 Å². The second-order valence-corrected chi connectivity index (χ2v) is 12.6. The van der Waals surface area contributed by atoms with Crippen LogP contribution in [0.4, 0.5) is 4.79 Å². The van der Waals surface area contributed by atoms with Gasteiger partial charge in [0.25, 0.3) is 5.91 Å². The maximum atomic E-state index is 13.8. The van der Waals surface area contributed by atoms with E-state index in [4.69, 9.17) is 24.7 Å². The molecule has 2 rings (SSSR count). The number of carbonyl (C=O) groups is 5. The van der Waals surface area contributed by atoms with E-state index in [9.17, 15) is 24.0 Å². The SMILES string of the molecule is C=CCNC1=C2C[C@@H](C)C[C@@H](OC)[C@H](OC(=O)CCN(C)C)[C@H](C)/C=C(\C)[C@@H](OC(N)=O)[C@@H](OC)/C=C\C=C(/C)C(=O)NC(=CC1=O)C2=O.Cl. The van der Waals surface area contributed by atoms with Gasteiger partial charge in [0.2, 0.25) is 11.6 Å². The van der Waals surface area contributed by atoms with Crippen LogP contribution in [-0.2, 0) is 38.1 Å². The lowest BCUT2D eigenvalue weighted by Crippen LogP contribution is -2.40. The fourth-order valence-corrected chi connectivity index (χ4v) is 5.65. The molecule has 14 heteroatoms. The largest absolute Gasteiger partial charge is 0.459 e. The molecule has 0 radical (unpaired) electrons. The predicted molar refractivity (Wildman–Crippen MR) is 192 cm³/mol. The number of carbonyl (C=O) groups excluding carboxylic acids is 5. The first-order valence-electron chi connectivity index (χ1n) is 16.2. The zero-order valence-corrected chi connectivity index (χ0v) is 31.1. The Balaban J connectivity index is 0.0000125. The first-order valence-corrected chi connectivity index (χ1v) is 16.2. The molecule has 0 aromatic carbocycles.